The van der Waals surface area contributed by atoms with Gasteiger partial charge in [0.15, 0.2) is 0 Å². The number of allylic oxidation sites excluding steroid dienone is 2. The van der Waals surface area contributed by atoms with Crippen molar-refractivity contribution in [2.24, 2.45) is 11.8 Å². The Morgan fingerprint density at radius 2 is 1.18 bits per heavy atom. The molecule has 0 fully saturated rings. The van der Waals surface area contributed by atoms with Gasteiger partial charge in [-0.3, -0.25) is 0 Å². The number of ether oxygens (including phenoxy) is 1. The van der Waals surface area contributed by atoms with Gasteiger partial charge >= 0.3 is 0 Å². The minimum Gasteiger partial charge on any atom is -0.366 e. The Hall–Kier alpha value is -1.08. The zero-order valence-corrected chi connectivity index (χ0v) is 11.3. The van der Waals surface area contributed by atoms with Crippen molar-refractivity contribution in [2.75, 3.05) is 0 Å². The Morgan fingerprint density at radius 3 is 1.41 bits per heavy atom. The second-order valence-corrected chi connectivity index (χ2v) is 4.54. The zero-order chi connectivity index (χ0) is 13.3. The molecule has 0 aliphatic rings. The Labute approximate surface area is 107 Å². The van der Waals surface area contributed by atoms with Crippen LogP contribution < -0.4 is 0 Å². The molecule has 0 amide bonds. The summed E-state index contributed by atoms with van der Waals surface area (Å²) in [6.07, 6.45) is 9.51. The lowest BCUT2D eigenvalue weighted by Gasteiger charge is -2.28. The maximum absolute atomic E-state index is 6.05. The third-order valence-corrected chi connectivity index (χ3v) is 2.98. The minimum absolute atomic E-state index is 0.0447. The molecule has 0 radical (unpaired) electrons. The second kappa shape index (κ2) is 9.00. The maximum Gasteiger partial charge on any atom is 0.0789 e. The summed E-state index contributed by atoms with van der Waals surface area (Å²) in [4.78, 5) is 0. The molecule has 0 rings (SSSR count). The molecule has 96 valence electrons. The highest BCUT2D eigenvalue weighted by atomic mass is 16.5. The molecule has 4 atom stereocenters. The smallest absolute Gasteiger partial charge is 0.0789 e. The summed E-state index contributed by atoms with van der Waals surface area (Å²) >= 11 is 0. The van der Waals surface area contributed by atoms with Gasteiger partial charge in [-0.2, -0.15) is 0 Å². The number of hydrogen-bond donors (Lipinski definition) is 0. The van der Waals surface area contributed by atoms with Crippen LogP contribution in [0.5, 0.6) is 0 Å². The first-order valence-electron chi connectivity index (χ1n) is 6.23. The van der Waals surface area contributed by atoms with Crippen LogP contribution in [-0.4, -0.2) is 12.2 Å². The van der Waals surface area contributed by atoms with E-state index in [1.807, 2.05) is 24.3 Å². The molecule has 0 bridgehead atoms. The van der Waals surface area contributed by atoms with Gasteiger partial charge in [0.25, 0.3) is 0 Å². The van der Waals surface area contributed by atoms with Crippen LogP contribution in [0.15, 0.2) is 50.6 Å². The molecule has 0 N–H and O–H groups in total. The van der Waals surface area contributed by atoms with Crippen molar-refractivity contribution in [3.63, 3.8) is 0 Å². The molecule has 0 aliphatic carbocycles. The highest BCUT2D eigenvalue weighted by molar-refractivity contribution is 4.93. The average molecular weight is 234 g/mol. The first kappa shape index (κ1) is 15.9. The Kier molecular flexibility index (Phi) is 8.43. The van der Waals surface area contributed by atoms with E-state index >= 15 is 0 Å². The molecule has 17 heavy (non-hydrogen) atoms. The quantitative estimate of drug-likeness (QED) is 0.504. The summed E-state index contributed by atoms with van der Waals surface area (Å²) in [5, 5.41) is 0. The fourth-order valence-corrected chi connectivity index (χ4v) is 1.82. The highest BCUT2D eigenvalue weighted by Gasteiger charge is 2.20. The van der Waals surface area contributed by atoms with Gasteiger partial charge in [-0.05, 0) is 24.7 Å². The Morgan fingerprint density at radius 1 is 0.824 bits per heavy atom. The molecule has 1 nitrogen and oxygen atoms in total. The van der Waals surface area contributed by atoms with Gasteiger partial charge in [-0.25, -0.2) is 0 Å². The summed E-state index contributed by atoms with van der Waals surface area (Å²) in [6, 6.07) is 0. The molecule has 0 aromatic heterocycles. The van der Waals surface area contributed by atoms with E-state index in [2.05, 4.69) is 40.2 Å². The van der Waals surface area contributed by atoms with E-state index in [1.54, 1.807) is 0 Å². The van der Waals surface area contributed by atoms with Gasteiger partial charge in [0, 0.05) is 0 Å². The van der Waals surface area contributed by atoms with Gasteiger partial charge < -0.3 is 4.74 Å². The summed E-state index contributed by atoms with van der Waals surface area (Å²) in [5.74, 6) is 0.784. The van der Waals surface area contributed by atoms with Gasteiger partial charge in [0.2, 0.25) is 0 Å². The van der Waals surface area contributed by atoms with Crippen LogP contribution in [0.25, 0.3) is 0 Å². The molecule has 0 saturated heterocycles. The van der Waals surface area contributed by atoms with Crippen LogP contribution in [0.3, 0.4) is 0 Å². The van der Waals surface area contributed by atoms with Crippen molar-refractivity contribution in [2.45, 2.75) is 38.9 Å². The molecule has 0 saturated carbocycles. The Balaban J connectivity index is 4.49. The lowest BCUT2D eigenvalue weighted by atomic mass is 9.97. The van der Waals surface area contributed by atoms with Crippen LogP contribution in [0.2, 0.25) is 0 Å². The maximum atomic E-state index is 6.05. The van der Waals surface area contributed by atoms with E-state index < -0.39 is 0 Å². The molecule has 0 aliphatic heterocycles. The van der Waals surface area contributed by atoms with Crippen LogP contribution in [0.4, 0.5) is 0 Å². The van der Waals surface area contributed by atoms with E-state index in [1.165, 1.54) is 0 Å². The molecular formula is C16H26O. The predicted molar refractivity (Wildman–Crippen MR) is 77.0 cm³/mol. The van der Waals surface area contributed by atoms with Gasteiger partial charge in [-0.1, -0.05) is 38.2 Å². The largest absolute Gasteiger partial charge is 0.366 e. The monoisotopic (exact) mass is 234 g/mol. The van der Waals surface area contributed by atoms with Gasteiger partial charge in [0.05, 0.1) is 12.2 Å². The fourth-order valence-electron chi connectivity index (χ4n) is 1.82. The van der Waals surface area contributed by atoms with Crippen LogP contribution in [0.1, 0.15) is 26.7 Å². The molecule has 0 spiro atoms. The third kappa shape index (κ3) is 5.69. The highest BCUT2D eigenvalue weighted by Crippen LogP contribution is 2.21. The van der Waals surface area contributed by atoms with Crippen molar-refractivity contribution >= 4 is 0 Å². The number of rotatable bonds is 10. The normalized spacial score (nSPS) is 17.5. The summed E-state index contributed by atoms with van der Waals surface area (Å²) in [7, 11) is 0. The lowest BCUT2D eigenvalue weighted by molar-refractivity contribution is -0.0116. The van der Waals surface area contributed by atoms with Crippen LogP contribution >= 0.6 is 0 Å². The first-order valence-corrected chi connectivity index (χ1v) is 6.23. The van der Waals surface area contributed by atoms with Crippen molar-refractivity contribution in [1.82, 2.24) is 0 Å². The van der Waals surface area contributed by atoms with Crippen molar-refractivity contribution in [1.29, 1.82) is 0 Å². The number of hydrogen-bond acceptors (Lipinski definition) is 1. The second-order valence-electron chi connectivity index (χ2n) is 4.54. The van der Waals surface area contributed by atoms with Crippen molar-refractivity contribution in [3.8, 4) is 0 Å². The molecule has 0 aromatic rings. The summed E-state index contributed by atoms with van der Waals surface area (Å²) < 4.78 is 6.05. The standard InChI is InChI=1S/C16H26O/c1-7-11-13(5)15(9-3)17-16(10-4)14(6)12-8-2/h7-10,13-16H,1-4,11-12H2,5-6H3. The lowest BCUT2D eigenvalue weighted by Crippen LogP contribution is -2.28. The topological polar surface area (TPSA) is 9.23 Å². The molecular weight excluding hydrogens is 208 g/mol. The van der Waals surface area contributed by atoms with Crippen LogP contribution in [-0.2, 0) is 4.74 Å². The van der Waals surface area contributed by atoms with E-state index in [9.17, 15) is 0 Å². The third-order valence-electron chi connectivity index (χ3n) is 2.98. The average Bonchev–Trinajstić information content (AvgIpc) is 2.31. The van der Waals surface area contributed by atoms with E-state index in [0.29, 0.717) is 11.8 Å². The fraction of sp³-hybridized carbons (Fsp3) is 0.500. The predicted octanol–water partition coefficient (Wildman–Crippen LogP) is 4.54. The van der Waals surface area contributed by atoms with E-state index in [0.717, 1.165) is 12.8 Å². The van der Waals surface area contributed by atoms with Gasteiger partial charge in [-0.15, -0.1) is 26.3 Å². The SMILES string of the molecule is C=CCC(C)C(C=C)OC(C=C)C(C)CC=C. The Bertz CT molecular complexity index is 228. The zero-order valence-electron chi connectivity index (χ0n) is 11.3. The van der Waals surface area contributed by atoms with Crippen molar-refractivity contribution in [3.05, 3.63) is 50.6 Å². The summed E-state index contributed by atoms with van der Waals surface area (Å²) in [6.45, 7) is 19.5. The van der Waals surface area contributed by atoms with E-state index in [-0.39, 0.29) is 12.2 Å². The molecule has 1 heteroatoms. The first-order chi connectivity index (χ1) is 8.10. The summed E-state index contributed by atoms with van der Waals surface area (Å²) in [5.41, 5.74) is 0. The molecule has 4 unspecified atom stereocenters. The minimum atomic E-state index is 0.0447. The van der Waals surface area contributed by atoms with E-state index in [4.69, 9.17) is 4.74 Å². The molecule has 0 heterocycles. The van der Waals surface area contributed by atoms with Crippen LogP contribution in [0, 0.1) is 11.8 Å². The molecule has 0 aromatic carbocycles. The van der Waals surface area contributed by atoms with Crippen molar-refractivity contribution < 1.29 is 4.74 Å². The van der Waals surface area contributed by atoms with Gasteiger partial charge in [0.1, 0.15) is 0 Å².